The lowest BCUT2D eigenvalue weighted by molar-refractivity contribution is 0.0525. The molecule has 0 amide bonds. The minimum atomic E-state index is -0.511. The Morgan fingerprint density at radius 1 is 1.23 bits per heavy atom. The molecule has 1 aromatic carbocycles. The summed E-state index contributed by atoms with van der Waals surface area (Å²) in [7, 11) is 0. The van der Waals surface area contributed by atoms with Crippen LogP contribution in [0.3, 0.4) is 0 Å². The summed E-state index contributed by atoms with van der Waals surface area (Å²) in [5, 5.41) is 0.565. The van der Waals surface area contributed by atoms with Gasteiger partial charge in [-0.2, -0.15) is 0 Å². The van der Waals surface area contributed by atoms with Gasteiger partial charge in [-0.15, -0.1) is 0 Å². The molecule has 0 aliphatic carbocycles. The second-order valence-electron chi connectivity index (χ2n) is 7.34. The number of aryl methyl sites for hydroxylation is 1. The van der Waals surface area contributed by atoms with Crippen molar-refractivity contribution in [2.45, 2.75) is 58.0 Å². The normalized spacial score (nSPS) is 12.2. The lowest BCUT2D eigenvalue weighted by Gasteiger charge is -2.15. The third kappa shape index (κ3) is 4.44. The fourth-order valence-corrected chi connectivity index (χ4v) is 4.57. The number of nitrogens with one attached hydrogen (secondary N) is 1. The molecule has 1 unspecified atom stereocenters. The SMILES string of the molecule is CCCn1c(SC(C)C(=O)c2[nH]c(C)c(C(=O)OCC)c2C)nc2ccccc2c1=O. The van der Waals surface area contributed by atoms with Gasteiger partial charge in [0.2, 0.25) is 0 Å². The number of carbonyl (C=O) groups is 2. The number of benzene rings is 1. The van der Waals surface area contributed by atoms with Crippen molar-refractivity contribution >= 4 is 34.4 Å². The van der Waals surface area contributed by atoms with Crippen molar-refractivity contribution in [3.05, 3.63) is 57.1 Å². The van der Waals surface area contributed by atoms with Crippen LogP contribution in [0.2, 0.25) is 0 Å². The fraction of sp³-hybridized carbons (Fsp3) is 0.391. The third-order valence-electron chi connectivity index (χ3n) is 5.09. The van der Waals surface area contributed by atoms with Crippen molar-refractivity contribution in [2.24, 2.45) is 0 Å². The van der Waals surface area contributed by atoms with Crippen LogP contribution in [-0.2, 0) is 11.3 Å². The number of fused-ring (bicyclic) bond motifs is 1. The Labute approximate surface area is 185 Å². The first-order valence-electron chi connectivity index (χ1n) is 10.4. The standard InChI is InChI=1S/C23H27N3O4S/c1-6-12-26-21(28)16-10-8-9-11-17(16)25-23(26)31-15(5)20(27)19-13(3)18(14(4)24-19)22(29)30-7-2/h8-11,15,24H,6-7,12H2,1-5H3. The van der Waals surface area contributed by atoms with E-state index in [2.05, 4.69) is 9.97 Å². The van der Waals surface area contributed by atoms with Gasteiger partial charge >= 0.3 is 5.97 Å². The van der Waals surface area contributed by atoms with Crippen molar-refractivity contribution in [1.82, 2.24) is 14.5 Å². The van der Waals surface area contributed by atoms with Crippen LogP contribution in [0.25, 0.3) is 10.9 Å². The van der Waals surface area contributed by atoms with Gasteiger partial charge in [0.05, 0.1) is 34.0 Å². The number of hydrogen-bond acceptors (Lipinski definition) is 6. The summed E-state index contributed by atoms with van der Waals surface area (Å²) in [6.07, 6.45) is 0.771. The van der Waals surface area contributed by atoms with Gasteiger partial charge in [-0.25, -0.2) is 9.78 Å². The Bertz CT molecular complexity index is 1200. The highest BCUT2D eigenvalue weighted by atomic mass is 32.2. The molecule has 0 fully saturated rings. The van der Waals surface area contributed by atoms with Gasteiger partial charge in [0.25, 0.3) is 5.56 Å². The van der Waals surface area contributed by atoms with Crippen LogP contribution in [0.1, 0.15) is 59.3 Å². The minimum Gasteiger partial charge on any atom is -0.462 e. The second kappa shape index (κ2) is 9.51. The van der Waals surface area contributed by atoms with E-state index in [-0.39, 0.29) is 17.9 Å². The van der Waals surface area contributed by atoms with Gasteiger partial charge in [0.15, 0.2) is 10.9 Å². The van der Waals surface area contributed by atoms with E-state index in [1.165, 1.54) is 11.8 Å². The van der Waals surface area contributed by atoms with Gasteiger partial charge in [-0.05, 0) is 51.8 Å². The number of ether oxygens (including phenoxy) is 1. The smallest absolute Gasteiger partial charge is 0.340 e. The van der Waals surface area contributed by atoms with Crippen molar-refractivity contribution in [1.29, 1.82) is 0 Å². The van der Waals surface area contributed by atoms with Crippen molar-refractivity contribution < 1.29 is 14.3 Å². The Morgan fingerprint density at radius 2 is 1.94 bits per heavy atom. The lowest BCUT2D eigenvalue weighted by atomic mass is 10.1. The summed E-state index contributed by atoms with van der Waals surface area (Å²) < 4.78 is 6.74. The fourth-order valence-electron chi connectivity index (χ4n) is 3.58. The molecule has 164 valence electrons. The summed E-state index contributed by atoms with van der Waals surface area (Å²) in [4.78, 5) is 46.1. The van der Waals surface area contributed by atoms with Gasteiger partial charge in [0.1, 0.15) is 0 Å². The first-order chi connectivity index (χ1) is 14.8. The highest BCUT2D eigenvalue weighted by molar-refractivity contribution is 8.00. The number of hydrogen-bond donors (Lipinski definition) is 1. The van der Waals surface area contributed by atoms with E-state index < -0.39 is 11.2 Å². The molecular formula is C23H27N3O4S. The molecule has 0 aliphatic rings. The van der Waals surface area contributed by atoms with Crippen LogP contribution in [-0.4, -0.2) is 38.1 Å². The molecule has 0 saturated carbocycles. The summed E-state index contributed by atoms with van der Waals surface area (Å²) in [6.45, 7) is 9.79. The molecule has 0 aliphatic heterocycles. The second-order valence-corrected chi connectivity index (χ2v) is 8.65. The highest BCUT2D eigenvalue weighted by Crippen LogP contribution is 2.28. The van der Waals surface area contributed by atoms with Gasteiger partial charge < -0.3 is 9.72 Å². The maximum absolute atomic E-state index is 13.2. The molecule has 0 spiro atoms. The van der Waals surface area contributed by atoms with Crippen LogP contribution >= 0.6 is 11.8 Å². The molecule has 8 heteroatoms. The molecule has 0 radical (unpaired) electrons. The Morgan fingerprint density at radius 3 is 2.61 bits per heavy atom. The molecule has 0 saturated heterocycles. The maximum Gasteiger partial charge on any atom is 0.340 e. The van der Waals surface area contributed by atoms with Crippen LogP contribution in [0, 0.1) is 13.8 Å². The van der Waals surface area contributed by atoms with E-state index in [0.29, 0.717) is 45.1 Å². The quantitative estimate of drug-likeness (QED) is 0.243. The number of thioether (sulfide) groups is 1. The van der Waals surface area contributed by atoms with Crippen LogP contribution in [0.5, 0.6) is 0 Å². The zero-order valence-corrected chi connectivity index (χ0v) is 19.3. The topological polar surface area (TPSA) is 94.1 Å². The highest BCUT2D eigenvalue weighted by Gasteiger charge is 2.27. The van der Waals surface area contributed by atoms with Gasteiger partial charge in [0, 0.05) is 12.2 Å². The molecule has 31 heavy (non-hydrogen) atoms. The Hall–Kier alpha value is -2.87. The van der Waals surface area contributed by atoms with E-state index in [1.807, 2.05) is 19.1 Å². The molecule has 1 atom stereocenters. The number of aromatic amines is 1. The number of aromatic nitrogens is 3. The number of para-hydroxylation sites is 1. The number of carbonyl (C=O) groups excluding carboxylic acids is 2. The third-order valence-corrected chi connectivity index (χ3v) is 6.18. The minimum absolute atomic E-state index is 0.105. The molecule has 2 heterocycles. The molecule has 2 aromatic heterocycles. The maximum atomic E-state index is 13.2. The van der Waals surface area contributed by atoms with Crippen molar-refractivity contribution in [3.8, 4) is 0 Å². The first kappa shape index (κ1) is 22.8. The van der Waals surface area contributed by atoms with Crippen molar-refractivity contribution in [3.63, 3.8) is 0 Å². The first-order valence-corrected chi connectivity index (χ1v) is 11.2. The Balaban J connectivity index is 1.96. The molecule has 3 rings (SSSR count). The molecule has 7 nitrogen and oxygen atoms in total. The van der Waals surface area contributed by atoms with Crippen molar-refractivity contribution in [2.75, 3.05) is 6.61 Å². The summed E-state index contributed by atoms with van der Waals surface area (Å²) in [5.41, 5.74) is 2.46. The summed E-state index contributed by atoms with van der Waals surface area (Å²) >= 11 is 1.25. The van der Waals surface area contributed by atoms with Crippen LogP contribution < -0.4 is 5.56 Å². The molecular weight excluding hydrogens is 414 g/mol. The largest absolute Gasteiger partial charge is 0.462 e. The summed E-state index contributed by atoms with van der Waals surface area (Å²) in [6, 6.07) is 7.22. The monoisotopic (exact) mass is 441 g/mol. The average molecular weight is 442 g/mol. The van der Waals surface area contributed by atoms with Crippen LogP contribution in [0.4, 0.5) is 0 Å². The molecule has 0 bridgehead atoms. The van der Waals surface area contributed by atoms with Gasteiger partial charge in [-0.1, -0.05) is 30.8 Å². The van der Waals surface area contributed by atoms with E-state index in [1.54, 1.807) is 44.4 Å². The zero-order valence-electron chi connectivity index (χ0n) is 18.4. The number of rotatable bonds is 8. The van der Waals surface area contributed by atoms with E-state index >= 15 is 0 Å². The van der Waals surface area contributed by atoms with Crippen LogP contribution in [0.15, 0.2) is 34.2 Å². The number of ketones is 1. The molecule has 3 aromatic rings. The Kier molecular flexibility index (Phi) is 7.00. The predicted octanol–water partition coefficient (Wildman–Crippen LogP) is 4.29. The summed E-state index contributed by atoms with van der Waals surface area (Å²) in [5.74, 6) is -0.604. The molecule has 1 N–H and O–H groups in total. The average Bonchev–Trinajstić information content (AvgIpc) is 3.04. The van der Waals surface area contributed by atoms with Gasteiger partial charge in [-0.3, -0.25) is 14.2 Å². The van der Waals surface area contributed by atoms with E-state index in [9.17, 15) is 14.4 Å². The number of Topliss-reactive ketones (excluding diaryl/α,β-unsaturated/α-hetero) is 1. The zero-order chi connectivity index (χ0) is 22.7. The lowest BCUT2D eigenvalue weighted by Crippen LogP contribution is -2.25. The van der Waals surface area contributed by atoms with E-state index in [4.69, 9.17) is 4.74 Å². The van der Waals surface area contributed by atoms with E-state index in [0.717, 1.165) is 6.42 Å². The number of nitrogens with zero attached hydrogens (tertiary/aromatic N) is 2. The number of esters is 1. The number of H-pyrrole nitrogens is 1. The predicted molar refractivity (Wildman–Crippen MR) is 122 cm³/mol.